The molecule has 0 saturated heterocycles. The van der Waals surface area contributed by atoms with E-state index in [1.165, 1.54) is 15.7 Å². The fourth-order valence-electron chi connectivity index (χ4n) is 2.68. The second-order valence-electron chi connectivity index (χ2n) is 5.67. The SMILES string of the molecule is CC(CN(C)C)Sc1c2ccccc2nc2ccccc12. The topological polar surface area (TPSA) is 16.1 Å². The van der Waals surface area contributed by atoms with E-state index in [1.807, 2.05) is 11.8 Å². The zero-order chi connectivity index (χ0) is 14.8. The number of para-hydroxylation sites is 2. The summed E-state index contributed by atoms with van der Waals surface area (Å²) in [6, 6.07) is 16.9. The lowest BCUT2D eigenvalue weighted by Crippen LogP contribution is -2.21. The van der Waals surface area contributed by atoms with Gasteiger partial charge in [-0.1, -0.05) is 43.3 Å². The van der Waals surface area contributed by atoms with E-state index in [4.69, 9.17) is 4.98 Å². The third kappa shape index (κ3) is 3.04. The lowest BCUT2D eigenvalue weighted by atomic mass is 10.1. The zero-order valence-corrected chi connectivity index (χ0v) is 13.5. The van der Waals surface area contributed by atoms with Crippen LogP contribution in [0.15, 0.2) is 53.4 Å². The Labute approximate surface area is 130 Å². The van der Waals surface area contributed by atoms with Crippen LogP contribution in [0.3, 0.4) is 0 Å². The summed E-state index contributed by atoms with van der Waals surface area (Å²) in [6.07, 6.45) is 0. The number of rotatable bonds is 4. The van der Waals surface area contributed by atoms with Crippen LogP contribution in [0.5, 0.6) is 0 Å². The maximum absolute atomic E-state index is 4.78. The molecule has 3 rings (SSSR count). The first-order valence-corrected chi connectivity index (χ1v) is 8.12. The Morgan fingerprint density at radius 1 is 0.952 bits per heavy atom. The van der Waals surface area contributed by atoms with E-state index in [0.29, 0.717) is 5.25 Å². The first kappa shape index (κ1) is 14.4. The molecule has 21 heavy (non-hydrogen) atoms. The monoisotopic (exact) mass is 296 g/mol. The summed E-state index contributed by atoms with van der Waals surface area (Å²) in [5.41, 5.74) is 2.16. The molecule has 0 radical (unpaired) electrons. The maximum atomic E-state index is 4.78. The molecule has 0 amide bonds. The summed E-state index contributed by atoms with van der Waals surface area (Å²) in [4.78, 5) is 8.37. The van der Waals surface area contributed by atoms with Crippen molar-refractivity contribution in [3.63, 3.8) is 0 Å². The van der Waals surface area contributed by atoms with E-state index < -0.39 is 0 Å². The normalized spacial score (nSPS) is 13.1. The van der Waals surface area contributed by atoms with Gasteiger partial charge in [0, 0.05) is 27.5 Å². The average Bonchev–Trinajstić information content (AvgIpc) is 2.46. The fourth-order valence-corrected chi connectivity index (χ4v) is 4.05. The summed E-state index contributed by atoms with van der Waals surface area (Å²) in [6.45, 7) is 3.35. The number of aromatic nitrogens is 1. The average molecular weight is 296 g/mol. The third-order valence-corrected chi connectivity index (χ3v) is 4.71. The van der Waals surface area contributed by atoms with Crippen molar-refractivity contribution in [3.05, 3.63) is 48.5 Å². The van der Waals surface area contributed by atoms with Gasteiger partial charge in [0.05, 0.1) is 11.0 Å². The van der Waals surface area contributed by atoms with Crippen LogP contribution in [0.1, 0.15) is 6.92 Å². The molecule has 0 aliphatic rings. The molecule has 0 fully saturated rings. The number of benzene rings is 2. The van der Waals surface area contributed by atoms with Gasteiger partial charge in [-0.3, -0.25) is 0 Å². The molecule has 2 nitrogen and oxygen atoms in total. The van der Waals surface area contributed by atoms with Crippen molar-refractivity contribution in [3.8, 4) is 0 Å². The maximum Gasteiger partial charge on any atom is 0.0721 e. The Hall–Kier alpha value is -1.58. The molecule has 3 heteroatoms. The molecule has 2 aromatic carbocycles. The molecule has 1 heterocycles. The van der Waals surface area contributed by atoms with E-state index in [2.05, 4.69) is 74.4 Å². The van der Waals surface area contributed by atoms with Crippen molar-refractivity contribution in [2.45, 2.75) is 17.1 Å². The van der Waals surface area contributed by atoms with E-state index in [9.17, 15) is 0 Å². The molecule has 0 aliphatic heterocycles. The van der Waals surface area contributed by atoms with Gasteiger partial charge in [-0.25, -0.2) is 4.98 Å². The van der Waals surface area contributed by atoms with Gasteiger partial charge in [-0.05, 0) is 26.2 Å². The lowest BCUT2D eigenvalue weighted by Gasteiger charge is -2.18. The number of fused-ring (bicyclic) bond motifs is 2. The van der Waals surface area contributed by atoms with Gasteiger partial charge < -0.3 is 4.90 Å². The van der Waals surface area contributed by atoms with Crippen molar-refractivity contribution in [2.24, 2.45) is 0 Å². The third-order valence-electron chi connectivity index (χ3n) is 3.48. The number of hydrogen-bond donors (Lipinski definition) is 0. The van der Waals surface area contributed by atoms with Crippen molar-refractivity contribution < 1.29 is 0 Å². The summed E-state index contributed by atoms with van der Waals surface area (Å²) in [5, 5.41) is 3.05. The van der Waals surface area contributed by atoms with Crippen LogP contribution in [-0.4, -0.2) is 35.8 Å². The highest BCUT2D eigenvalue weighted by Gasteiger charge is 2.13. The molecule has 0 saturated carbocycles. The van der Waals surface area contributed by atoms with Gasteiger partial charge in [-0.15, -0.1) is 11.8 Å². The van der Waals surface area contributed by atoms with Crippen LogP contribution in [0, 0.1) is 0 Å². The molecule has 0 aliphatic carbocycles. The molecular weight excluding hydrogens is 276 g/mol. The number of thioether (sulfide) groups is 1. The van der Waals surface area contributed by atoms with Crippen LogP contribution in [0.25, 0.3) is 21.8 Å². The first-order valence-electron chi connectivity index (χ1n) is 7.24. The highest BCUT2D eigenvalue weighted by atomic mass is 32.2. The minimum Gasteiger partial charge on any atom is -0.308 e. The second kappa shape index (κ2) is 6.04. The molecule has 1 atom stereocenters. The lowest BCUT2D eigenvalue weighted by molar-refractivity contribution is 0.413. The summed E-state index contributed by atoms with van der Waals surface area (Å²) in [7, 11) is 4.25. The Kier molecular flexibility index (Phi) is 4.13. The highest BCUT2D eigenvalue weighted by Crippen LogP contribution is 2.36. The van der Waals surface area contributed by atoms with Gasteiger partial charge >= 0.3 is 0 Å². The summed E-state index contributed by atoms with van der Waals surface area (Å²) in [5.74, 6) is 0. The van der Waals surface area contributed by atoms with Crippen LogP contribution >= 0.6 is 11.8 Å². The Morgan fingerprint density at radius 2 is 1.48 bits per heavy atom. The minimum absolute atomic E-state index is 0.536. The smallest absolute Gasteiger partial charge is 0.0721 e. The number of nitrogens with zero attached hydrogens (tertiary/aromatic N) is 2. The Bertz CT molecular complexity index is 713. The largest absolute Gasteiger partial charge is 0.308 e. The van der Waals surface area contributed by atoms with Gasteiger partial charge in [0.2, 0.25) is 0 Å². The van der Waals surface area contributed by atoms with Crippen LogP contribution in [0.4, 0.5) is 0 Å². The van der Waals surface area contributed by atoms with E-state index in [-0.39, 0.29) is 0 Å². The molecule has 0 spiro atoms. The Balaban J connectivity index is 2.15. The fraction of sp³-hybridized carbons (Fsp3) is 0.278. The van der Waals surface area contributed by atoms with E-state index >= 15 is 0 Å². The second-order valence-corrected chi connectivity index (χ2v) is 7.11. The Morgan fingerprint density at radius 3 is 2.00 bits per heavy atom. The van der Waals surface area contributed by atoms with Crippen LogP contribution in [-0.2, 0) is 0 Å². The van der Waals surface area contributed by atoms with Crippen LogP contribution in [0.2, 0.25) is 0 Å². The highest BCUT2D eigenvalue weighted by molar-refractivity contribution is 8.00. The molecule has 3 aromatic rings. The number of pyridine rings is 1. The van der Waals surface area contributed by atoms with Gasteiger partial charge in [-0.2, -0.15) is 0 Å². The molecule has 1 aromatic heterocycles. The van der Waals surface area contributed by atoms with Gasteiger partial charge in [0.1, 0.15) is 0 Å². The molecule has 108 valence electrons. The summed E-state index contributed by atoms with van der Waals surface area (Å²) >= 11 is 1.95. The predicted octanol–water partition coefficient (Wildman–Crippen LogP) is 4.43. The zero-order valence-electron chi connectivity index (χ0n) is 12.7. The van der Waals surface area contributed by atoms with Crippen LogP contribution < -0.4 is 0 Å². The van der Waals surface area contributed by atoms with E-state index in [1.54, 1.807) is 0 Å². The van der Waals surface area contributed by atoms with Crippen molar-refractivity contribution in [1.82, 2.24) is 9.88 Å². The molecule has 0 N–H and O–H groups in total. The van der Waals surface area contributed by atoms with Crippen molar-refractivity contribution in [2.75, 3.05) is 20.6 Å². The predicted molar refractivity (Wildman–Crippen MR) is 93.1 cm³/mol. The molecule has 0 bridgehead atoms. The number of hydrogen-bond acceptors (Lipinski definition) is 3. The quantitative estimate of drug-likeness (QED) is 0.523. The van der Waals surface area contributed by atoms with Crippen molar-refractivity contribution in [1.29, 1.82) is 0 Å². The molecular formula is C18H20N2S. The van der Waals surface area contributed by atoms with Gasteiger partial charge in [0.25, 0.3) is 0 Å². The molecule has 1 unspecified atom stereocenters. The first-order chi connectivity index (χ1) is 10.1. The van der Waals surface area contributed by atoms with E-state index in [0.717, 1.165) is 17.6 Å². The minimum atomic E-state index is 0.536. The summed E-state index contributed by atoms with van der Waals surface area (Å²) < 4.78 is 0. The van der Waals surface area contributed by atoms with Gasteiger partial charge in [0.15, 0.2) is 0 Å². The standard InChI is InChI=1S/C18H20N2S/c1-13(12-20(2)3)21-18-14-8-4-6-10-16(14)19-17-11-7-5-9-15(17)18/h4-11,13H,12H2,1-3H3. The van der Waals surface area contributed by atoms with Crippen molar-refractivity contribution >= 4 is 33.6 Å².